The van der Waals surface area contributed by atoms with E-state index in [0.29, 0.717) is 5.76 Å². The quantitative estimate of drug-likeness (QED) is 0.923. The van der Waals surface area contributed by atoms with Crippen molar-refractivity contribution in [2.45, 2.75) is 32.2 Å². The van der Waals surface area contributed by atoms with Gasteiger partial charge < -0.3 is 14.6 Å². The van der Waals surface area contributed by atoms with Gasteiger partial charge in [-0.15, -0.1) is 0 Å². The third-order valence-electron chi connectivity index (χ3n) is 4.64. The molecular weight excluding hydrogens is 264 g/mol. The Morgan fingerprint density at radius 3 is 2.67 bits per heavy atom. The number of likely N-dealkylation sites (tertiary alicyclic amines) is 1. The molecule has 1 fully saturated rings. The van der Waals surface area contributed by atoms with Gasteiger partial charge in [0.2, 0.25) is 0 Å². The molecule has 1 aromatic carbocycles. The number of nitrogens with one attached hydrogen (secondary N) is 1. The predicted molar refractivity (Wildman–Crippen MR) is 83.6 cm³/mol. The van der Waals surface area contributed by atoms with Gasteiger partial charge >= 0.3 is 0 Å². The highest BCUT2D eigenvalue weighted by molar-refractivity contribution is 5.96. The Kier molecular flexibility index (Phi) is 3.49. The molecular formula is C17H22N2O2. The second-order valence-electron chi connectivity index (χ2n) is 6.25. The Labute approximate surface area is 125 Å². The molecule has 1 aliphatic rings. The summed E-state index contributed by atoms with van der Waals surface area (Å²) in [7, 11) is 1.99. The smallest absolute Gasteiger partial charge is 0.289 e. The summed E-state index contributed by atoms with van der Waals surface area (Å²) < 4.78 is 5.71. The third kappa shape index (κ3) is 2.68. The lowest BCUT2D eigenvalue weighted by molar-refractivity contribution is 0.0632. The van der Waals surface area contributed by atoms with Gasteiger partial charge in [0.15, 0.2) is 5.76 Å². The van der Waals surface area contributed by atoms with Crippen molar-refractivity contribution in [1.29, 1.82) is 0 Å². The maximum Gasteiger partial charge on any atom is 0.289 e. The van der Waals surface area contributed by atoms with Crippen molar-refractivity contribution < 1.29 is 9.21 Å². The zero-order valence-corrected chi connectivity index (χ0v) is 12.9. The summed E-state index contributed by atoms with van der Waals surface area (Å²) in [5.74, 6) is 0.450. The standard InChI is InChI=1S/C17H22N2O2/c1-12-4-5-14-13(10-12)11-15(21-14)16(20)19-8-6-17(2,18-3)7-9-19/h4-5,10-11,18H,6-9H2,1-3H3. The van der Waals surface area contributed by atoms with E-state index in [-0.39, 0.29) is 11.4 Å². The summed E-state index contributed by atoms with van der Waals surface area (Å²) in [6.07, 6.45) is 1.93. The van der Waals surface area contributed by atoms with Gasteiger partial charge in [-0.05, 0) is 51.9 Å². The Balaban J connectivity index is 1.78. The number of hydrogen-bond donors (Lipinski definition) is 1. The van der Waals surface area contributed by atoms with Crippen LogP contribution in [0.25, 0.3) is 11.0 Å². The number of rotatable bonds is 2. The molecule has 0 spiro atoms. The molecule has 0 aliphatic carbocycles. The number of carbonyl (C=O) groups excluding carboxylic acids is 1. The third-order valence-corrected chi connectivity index (χ3v) is 4.64. The van der Waals surface area contributed by atoms with E-state index in [1.807, 2.05) is 43.1 Å². The Morgan fingerprint density at radius 2 is 2.00 bits per heavy atom. The van der Waals surface area contributed by atoms with Crippen molar-refractivity contribution in [2.24, 2.45) is 0 Å². The van der Waals surface area contributed by atoms with Crippen molar-refractivity contribution in [3.8, 4) is 0 Å². The summed E-state index contributed by atoms with van der Waals surface area (Å²) in [6, 6.07) is 7.83. The van der Waals surface area contributed by atoms with Crippen LogP contribution in [0.15, 0.2) is 28.7 Å². The predicted octanol–water partition coefficient (Wildman–Crippen LogP) is 2.96. The highest BCUT2D eigenvalue weighted by Crippen LogP contribution is 2.25. The molecule has 2 heterocycles. The first-order valence-electron chi connectivity index (χ1n) is 7.49. The van der Waals surface area contributed by atoms with Crippen LogP contribution in [0.5, 0.6) is 0 Å². The van der Waals surface area contributed by atoms with Gasteiger partial charge in [-0.1, -0.05) is 11.6 Å². The van der Waals surface area contributed by atoms with E-state index in [1.165, 1.54) is 5.56 Å². The summed E-state index contributed by atoms with van der Waals surface area (Å²) in [5, 5.41) is 4.34. The van der Waals surface area contributed by atoms with Gasteiger partial charge in [0, 0.05) is 24.0 Å². The van der Waals surface area contributed by atoms with Crippen molar-refractivity contribution in [3.05, 3.63) is 35.6 Å². The summed E-state index contributed by atoms with van der Waals surface area (Å²) in [6.45, 7) is 5.79. The Bertz CT molecular complexity index is 666. The molecule has 1 amide bonds. The van der Waals surface area contributed by atoms with Crippen LogP contribution in [0.3, 0.4) is 0 Å². The number of benzene rings is 1. The van der Waals surface area contributed by atoms with Gasteiger partial charge in [-0.2, -0.15) is 0 Å². The largest absolute Gasteiger partial charge is 0.451 e. The summed E-state index contributed by atoms with van der Waals surface area (Å²) in [5.41, 5.74) is 2.09. The van der Waals surface area contributed by atoms with E-state index >= 15 is 0 Å². The number of piperidine rings is 1. The van der Waals surface area contributed by atoms with Crippen LogP contribution in [0, 0.1) is 6.92 Å². The normalized spacial score (nSPS) is 18.1. The lowest BCUT2D eigenvalue weighted by Gasteiger charge is -2.38. The molecule has 1 aromatic heterocycles. The van der Waals surface area contributed by atoms with Gasteiger partial charge in [0.05, 0.1) is 0 Å². The number of furan rings is 1. The average molecular weight is 286 g/mol. The minimum atomic E-state index is 0.00186. The fourth-order valence-electron chi connectivity index (χ4n) is 2.88. The van der Waals surface area contributed by atoms with E-state index < -0.39 is 0 Å². The van der Waals surface area contributed by atoms with Crippen LogP contribution in [0.2, 0.25) is 0 Å². The van der Waals surface area contributed by atoms with Crippen molar-refractivity contribution in [1.82, 2.24) is 10.2 Å². The zero-order chi connectivity index (χ0) is 15.0. The Morgan fingerprint density at radius 1 is 1.29 bits per heavy atom. The molecule has 1 saturated heterocycles. The molecule has 112 valence electrons. The molecule has 21 heavy (non-hydrogen) atoms. The van der Waals surface area contributed by atoms with Gasteiger partial charge in [0.1, 0.15) is 5.58 Å². The fraction of sp³-hybridized carbons (Fsp3) is 0.471. The highest BCUT2D eigenvalue weighted by atomic mass is 16.3. The fourth-order valence-corrected chi connectivity index (χ4v) is 2.88. The minimum absolute atomic E-state index is 0.00186. The lowest BCUT2D eigenvalue weighted by atomic mass is 9.90. The maximum atomic E-state index is 12.6. The van der Waals surface area contributed by atoms with Crippen LogP contribution >= 0.6 is 0 Å². The van der Waals surface area contributed by atoms with Crippen molar-refractivity contribution >= 4 is 16.9 Å². The van der Waals surface area contributed by atoms with Crippen LogP contribution < -0.4 is 5.32 Å². The number of amides is 1. The lowest BCUT2D eigenvalue weighted by Crippen LogP contribution is -2.51. The second kappa shape index (κ2) is 5.19. The maximum absolute atomic E-state index is 12.6. The van der Waals surface area contributed by atoms with Gasteiger partial charge in [-0.3, -0.25) is 4.79 Å². The molecule has 2 aromatic rings. The average Bonchev–Trinajstić information content (AvgIpc) is 2.90. The molecule has 1 N–H and O–H groups in total. The number of hydrogen-bond acceptors (Lipinski definition) is 3. The Hall–Kier alpha value is -1.81. The van der Waals surface area contributed by atoms with Crippen LogP contribution in [-0.2, 0) is 0 Å². The van der Waals surface area contributed by atoms with Crippen molar-refractivity contribution in [3.63, 3.8) is 0 Å². The van der Waals surface area contributed by atoms with E-state index in [9.17, 15) is 4.79 Å². The molecule has 1 aliphatic heterocycles. The molecule has 4 nitrogen and oxygen atoms in total. The molecule has 3 rings (SSSR count). The van der Waals surface area contributed by atoms with Crippen LogP contribution in [0.4, 0.5) is 0 Å². The number of aryl methyl sites for hydroxylation is 1. The zero-order valence-electron chi connectivity index (χ0n) is 12.9. The first-order valence-corrected chi connectivity index (χ1v) is 7.49. The van der Waals surface area contributed by atoms with E-state index in [4.69, 9.17) is 4.42 Å². The summed E-state index contributed by atoms with van der Waals surface area (Å²) in [4.78, 5) is 14.5. The molecule has 0 radical (unpaired) electrons. The van der Waals surface area contributed by atoms with E-state index in [0.717, 1.165) is 36.9 Å². The van der Waals surface area contributed by atoms with E-state index in [1.54, 1.807) is 0 Å². The van der Waals surface area contributed by atoms with Crippen molar-refractivity contribution in [2.75, 3.05) is 20.1 Å². The molecule has 0 unspecified atom stereocenters. The van der Waals surface area contributed by atoms with Gasteiger partial charge in [0.25, 0.3) is 5.91 Å². The monoisotopic (exact) mass is 286 g/mol. The van der Waals surface area contributed by atoms with Crippen LogP contribution in [-0.4, -0.2) is 36.5 Å². The SMILES string of the molecule is CNC1(C)CCN(C(=O)c2cc3cc(C)ccc3o2)CC1. The number of carbonyl (C=O) groups is 1. The number of fused-ring (bicyclic) bond motifs is 1. The molecule has 0 atom stereocenters. The number of nitrogens with zero attached hydrogens (tertiary/aromatic N) is 1. The minimum Gasteiger partial charge on any atom is -0.451 e. The van der Waals surface area contributed by atoms with E-state index in [2.05, 4.69) is 12.2 Å². The van der Waals surface area contributed by atoms with Gasteiger partial charge in [-0.25, -0.2) is 0 Å². The highest BCUT2D eigenvalue weighted by Gasteiger charge is 2.31. The first kappa shape index (κ1) is 14.1. The topological polar surface area (TPSA) is 45.5 Å². The first-order chi connectivity index (χ1) is 10.0. The summed E-state index contributed by atoms with van der Waals surface area (Å²) >= 11 is 0. The van der Waals surface area contributed by atoms with Crippen LogP contribution in [0.1, 0.15) is 35.9 Å². The second-order valence-corrected chi connectivity index (χ2v) is 6.25. The molecule has 0 bridgehead atoms. The molecule has 4 heteroatoms. The molecule has 0 saturated carbocycles.